The van der Waals surface area contributed by atoms with Crippen LogP contribution in [0, 0.1) is 4.64 Å². The second-order valence-corrected chi connectivity index (χ2v) is 4.16. The van der Waals surface area contributed by atoms with Gasteiger partial charge in [0.25, 0.3) is 0 Å². The number of hydrogen-bond donors (Lipinski definition) is 1. The number of nitrogens with zero attached hydrogens (tertiary/aromatic N) is 1. The van der Waals surface area contributed by atoms with Gasteiger partial charge in [0.2, 0.25) is 0 Å². The predicted molar refractivity (Wildman–Crippen MR) is 58.0 cm³/mol. The molecule has 0 saturated carbocycles. The molecule has 3 heterocycles. The summed E-state index contributed by atoms with van der Waals surface area (Å²) in [5, 5.41) is 2.06. The fourth-order valence-electron chi connectivity index (χ4n) is 1.51. The lowest BCUT2D eigenvalue weighted by molar-refractivity contribution is 1.24. The smallest absolute Gasteiger partial charge is 0.128 e. The molecule has 0 unspecified atom stereocenters. The molecular formula is C9H6N2S2. The molecule has 0 atom stereocenters. The zero-order valence-corrected chi connectivity index (χ0v) is 8.28. The van der Waals surface area contributed by atoms with Crippen molar-refractivity contribution in [2.75, 3.05) is 0 Å². The summed E-state index contributed by atoms with van der Waals surface area (Å²) >= 11 is 6.94. The van der Waals surface area contributed by atoms with Gasteiger partial charge < -0.3 is 9.38 Å². The van der Waals surface area contributed by atoms with Crippen molar-refractivity contribution in [1.29, 1.82) is 0 Å². The van der Waals surface area contributed by atoms with Crippen LogP contribution in [0.15, 0.2) is 29.8 Å². The lowest BCUT2D eigenvalue weighted by atomic mass is 10.5. The molecule has 0 fully saturated rings. The predicted octanol–water partition coefficient (Wildman–Crippen LogP) is 3.21. The van der Waals surface area contributed by atoms with Crippen molar-refractivity contribution in [2.24, 2.45) is 0 Å². The molecule has 0 saturated heterocycles. The summed E-state index contributed by atoms with van der Waals surface area (Å²) < 4.78 is 2.93. The third kappa shape index (κ3) is 0.897. The molecule has 0 aromatic carbocycles. The van der Waals surface area contributed by atoms with E-state index >= 15 is 0 Å². The summed E-state index contributed by atoms with van der Waals surface area (Å²) in [6, 6.07) is 6.09. The first kappa shape index (κ1) is 7.29. The fourth-order valence-corrected chi connectivity index (χ4v) is 2.64. The third-order valence-electron chi connectivity index (χ3n) is 2.09. The van der Waals surface area contributed by atoms with Crippen LogP contribution in [0.25, 0.3) is 15.9 Å². The van der Waals surface area contributed by atoms with E-state index in [1.807, 2.05) is 18.3 Å². The lowest BCUT2D eigenvalue weighted by Crippen LogP contribution is -1.85. The van der Waals surface area contributed by atoms with Crippen molar-refractivity contribution in [2.45, 2.75) is 0 Å². The van der Waals surface area contributed by atoms with Gasteiger partial charge in [-0.1, -0.05) is 12.2 Å². The third-order valence-corrected chi connectivity index (χ3v) is 3.32. The normalized spacial score (nSPS) is 11.4. The number of aromatic amines is 1. The highest BCUT2D eigenvalue weighted by Crippen LogP contribution is 2.21. The van der Waals surface area contributed by atoms with Gasteiger partial charge in [0.15, 0.2) is 0 Å². The van der Waals surface area contributed by atoms with Gasteiger partial charge >= 0.3 is 0 Å². The molecule has 0 spiro atoms. The Balaban J connectivity index is 2.79. The zero-order valence-electron chi connectivity index (χ0n) is 6.65. The molecule has 0 aliphatic heterocycles. The van der Waals surface area contributed by atoms with Crippen LogP contribution in [0.1, 0.15) is 0 Å². The van der Waals surface area contributed by atoms with Crippen molar-refractivity contribution in [3.63, 3.8) is 0 Å². The molecule has 64 valence electrons. The first-order chi connectivity index (χ1) is 6.36. The molecule has 0 bridgehead atoms. The summed E-state index contributed by atoms with van der Waals surface area (Å²) in [6.45, 7) is 0. The maximum Gasteiger partial charge on any atom is 0.128 e. The summed E-state index contributed by atoms with van der Waals surface area (Å²) in [5.41, 5.74) is 2.18. The Morgan fingerprint density at radius 3 is 3.23 bits per heavy atom. The Morgan fingerprint density at radius 1 is 1.38 bits per heavy atom. The highest BCUT2D eigenvalue weighted by molar-refractivity contribution is 7.71. The summed E-state index contributed by atoms with van der Waals surface area (Å²) in [7, 11) is 0. The van der Waals surface area contributed by atoms with E-state index in [0.717, 1.165) is 15.7 Å². The van der Waals surface area contributed by atoms with Crippen molar-refractivity contribution < 1.29 is 0 Å². The second kappa shape index (κ2) is 2.43. The molecule has 0 radical (unpaired) electrons. The Kier molecular flexibility index (Phi) is 1.36. The number of H-pyrrole nitrogens is 1. The summed E-state index contributed by atoms with van der Waals surface area (Å²) in [6.07, 6.45) is 2.04. The van der Waals surface area contributed by atoms with Crippen LogP contribution in [0.2, 0.25) is 0 Å². The van der Waals surface area contributed by atoms with E-state index in [9.17, 15) is 0 Å². The Labute approximate surface area is 83.5 Å². The topological polar surface area (TPSA) is 20.2 Å². The van der Waals surface area contributed by atoms with Crippen molar-refractivity contribution in [3.8, 4) is 0 Å². The number of thiophene rings is 1. The first-order valence-electron chi connectivity index (χ1n) is 3.93. The molecule has 4 heteroatoms. The number of nitrogens with one attached hydrogen (secondary N) is 1. The summed E-state index contributed by atoms with van der Waals surface area (Å²) in [5.74, 6) is 0. The molecular weight excluding hydrogens is 200 g/mol. The molecule has 0 amide bonds. The van der Waals surface area contributed by atoms with Gasteiger partial charge in [-0.05, 0) is 23.6 Å². The van der Waals surface area contributed by atoms with Crippen LogP contribution < -0.4 is 0 Å². The summed E-state index contributed by atoms with van der Waals surface area (Å²) in [4.78, 5) is 4.42. The standard InChI is InChI=1S/C9H6N2S2/c12-8-7-2-1-4-11(7)9-6(10-8)3-5-13-9/h1-5H,(H,10,12). The van der Waals surface area contributed by atoms with Gasteiger partial charge in [0, 0.05) is 6.20 Å². The molecule has 3 aromatic heterocycles. The largest absolute Gasteiger partial charge is 0.342 e. The van der Waals surface area contributed by atoms with Gasteiger partial charge in [-0.3, -0.25) is 0 Å². The van der Waals surface area contributed by atoms with E-state index in [4.69, 9.17) is 12.2 Å². The minimum Gasteiger partial charge on any atom is -0.342 e. The monoisotopic (exact) mass is 206 g/mol. The van der Waals surface area contributed by atoms with E-state index in [1.54, 1.807) is 11.3 Å². The van der Waals surface area contributed by atoms with Crippen LogP contribution >= 0.6 is 23.6 Å². The van der Waals surface area contributed by atoms with Crippen molar-refractivity contribution in [3.05, 3.63) is 34.4 Å². The van der Waals surface area contributed by atoms with E-state index in [-0.39, 0.29) is 0 Å². The van der Waals surface area contributed by atoms with Crippen LogP contribution in [-0.2, 0) is 0 Å². The quantitative estimate of drug-likeness (QED) is 0.560. The maximum atomic E-state index is 5.23. The highest BCUT2D eigenvalue weighted by Gasteiger charge is 2.01. The van der Waals surface area contributed by atoms with Crippen molar-refractivity contribution in [1.82, 2.24) is 9.38 Å². The van der Waals surface area contributed by atoms with Gasteiger partial charge in [-0.2, -0.15) is 0 Å². The maximum absolute atomic E-state index is 5.23. The van der Waals surface area contributed by atoms with Gasteiger partial charge in [0.1, 0.15) is 9.47 Å². The van der Waals surface area contributed by atoms with Crippen LogP contribution in [0.3, 0.4) is 0 Å². The van der Waals surface area contributed by atoms with Crippen molar-refractivity contribution >= 4 is 39.4 Å². The van der Waals surface area contributed by atoms with Gasteiger partial charge in [-0.25, -0.2) is 0 Å². The number of hydrogen-bond acceptors (Lipinski definition) is 2. The Hall–Kier alpha value is -1.13. The fraction of sp³-hybridized carbons (Fsp3) is 0. The SMILES string of the molecule is S=c1[nH]c2ccsc2n2cccc12. The molecule has 13 heavy (non-hydrogen) atoms. The molecule has 0 aliphatic rings. The molecule has 3 aromatic rings. The number of rotatable bonds is 0. The van der Waals surface area contributed by atoms with Crippen LogP contribution in [-0.4, -0.2) is 9.38 Å². The zero-order chi connectivity index (χ0) is 8.84. The average Bonchev–Trinajstić information content (AvgIpc) is 2.66. The van der Waals surface area contributed by atoms with E-state index in [2.05, 4.69) is 20.8 Å². The van der Waals surface area contributed by atoms with Crippen LogP contribution in [0.4, 0.5) is 0 Å². The lowest BCUT2D eigenvalue weighted by Gasteiger charge is -1.97. The van der Waals surface area contributed by atoms with Crippen LogP contribution in [0.5, 0.6) is 0 Å². The minimum absolute atomic E-state index is 0.802. The van der Waals surface area contributed by atoms with E-state index < -0.39 is 0 Å². The van der Waals surface area contributed by atoms with E-state index in [1.165, 1.54) is 4.83 Å². The first-order valence-corrected chi connectivity index (χ1v) is 5.21. The average molecular weight is 206 g/mol. The number of aromatic nitrogens is 2. The molecule has 1 N–H and O–H groups in total. The minimum atomic E-state index is 0.802. The Morgan fingerprint density at radius 2 is 2.31 bits per heavy atom. The number of fused-ring (bicyclic) bond motifs is 3. The highest BCUT2D eigenvalue weighted by atomic mass is 32.1. The Bertz CT molecular complexity index is 629. The van der Waals surface area contributed by atoms with Gasteiger partial charge in [-0.15, -0.1) is 11.3 Å². The van der Waals surface area contributed by atoms with Gasteiger partial charge in [0.05, 0.1) is 11.0 Å². The second-order valence-electron chi connectivity index (χ2n) is 2.86. The molecule has 0 aliphatic carbocycles. The molecule has 2 nitrogen and oxygen atoms in total. The molecule has 3 rings (SSSR count). The van der Waals surface area contributed by atoms with E-state index in [0.29, 0.717) is 0 Å².